The number of rotatable bonds is 2. The van der Waals surface area contributed by atoms with Gasteiger partial charge in [0, 0.05) is 0 Å². The highest BCUT2D eigenvalue weighted by Crippen LogP contribution is 2.37. The molecule has 0 amide bonds. The normalized spacial score (nSPS) is 17.3. The van der Waals surface area contributed by atoms with E-state index in [1.165, 1.54) is 34.3 Å². The molecule has 1 aliphatic rings. The Bertz CT molecular complexity index is 449. The van der Waals surface area contributed by atoms with Gasteiger partial charge in [0.2, 0.25) is 0 Å². The molecule has 0 saturated heterocycles. The Morgan fingerprint density at radius 2 is 2.00 bits per heavy atom. The molecule has 1 aromatic rings. The molecule has 0 saturated carbocycles. The first-order valence-corrected chi connectivity index (χ1v) is 6.12. The highest BCUT2D eigenvalue weighted by molar-refractivity contribution is 5.76. The highest BCUT2D eigenvalue weighted by Gasteiger charge is 2.21. The third-order valence-electron chi connectivity index (χ3n) is 3.72. The summed E-state index contributed by atoms with van der Waals surface area (Å²) < 4.78 is 0. The minimum atomic E-state index is 0.626. The first kappa shape index (κ1) is 11.2. The second-order valence-electron chi connectivity index (χ2n) is 4.79. The summed E-state index contributed by atoms with van der Waals surface area (Å²) in [6, 6.07) is 8.70. The quantitative estimate of drug-likeness (QED) is 0.671. The van der Waals surface area contributed by atoms with E-state index in [2.05, 4.69) is 51.6 Å². The van der Waals surface area contributed by atoms with Crippen LogP contribution in [0.25, 0.3) is 5.57 Å². The van der Waals surface area contributed by atoms with E-state index in [4.69, 9.17) is 0 Å². The summed E-state index contributed by atoms with van der Waals surface area (Å²) in [5.41, 5.74) is 7.08. The number of fused-ring (bicyclic) bond motifs is 1. The third kappa shape index (κ3) is 1.73. The second-order valence-corrected chi connectivity index (χ2v) is 4.79. The summed E-state index contributed by atoms with van der Waals surface area (Å²) in [6.45, 7) is 11.0. The molecule has 0 spiro atoms. The molecule has 2 rings (SSSR count). The minimum absolute atomic E-state index is 0.626. The van der Waals surface area contributed by atoms with Gasteiger partial charge in [0.25, 0.3) is 0 Å². The Hall–Kier alpha value is -1.30. The lowest BCUT2D eigenvalue weighted by atomic mass is 9.78. The molecule has 1 unspecified atom stereocenters. The maximum absolute atomic E-state index is 4.26. The predicted octanol–water partition coefficient (Wildman–Crippen LogP) is 4.62. The fraction of sp³-hybridized carbons (Fsp3) is 0.375. The Kier molecular flexibility index (Phi) is 3.00. The molecule has 0 nitrogen and oxygen atoms in total. The van der Waals surface area contributed by atoms with Crippen molar-refractivity contribution in [3.05, 3.63) is 53.1 Å². The van der Waals surface area contributed by atoms with Crippen LogP contribution >= 0.6 is 0 Å². The zero-order chi connectivity index (χ0) is 11.7. The number of hydrogen-bond acceptors (Lipinski definition) is 0. The Balaban J connectivity index is 2.56. The Labute approximate surface area is 98.7 Å². The monoisotopic (exact) mass is 212 g/mol. The van der Waals surface area contributed by atoms with Crippen molar-refractivity contribution in [2.75, 3.05) is 0 Å². The molecule has 0 aromatic heterocycles. The van der Waals surface area contributed by atoms with Crippen molar-refractivity contribution in [1.29, 1.82) is 0 Å². The maximum Gasteiger partial charge on any atom is -0.00227 e. The van der Waals surface area contributed by atoms with Gasteiger partial charge in [-0.2, -0.15) is 0 Å². The van der Waals surface area contributed by atoms with Gasteiger partial charge in [-0.25, -0.2) is 0 Å². The maximum atomic E-state index is 4.26. The zero-order valence-electron chi connectivity index (χ0n) is 10.5. The Morgan fingerprint density at radius 3 is 2.69 bits per heavy atom. The second kappa shape index (κ2) is 4.29. The van der Waals surface area contributed by atoms with Crippen LogP contribution < -0.4 is 0 Å². The average Bonchev–Trinajstić information content (AvgIpc) is 2.28. The van der Waals surface area contributed by atoms with Crippen molar-refractivity contribution in [3.8, 4) is 0 Å². The van der Waals surface area contributed by atoms with Gasteiger partial charge in [0.1, 0.15) is 0 Å². The lowest BCUT2D eigenvalue weighted by molar-refractivity contribution is 0.657. The van der Waals surface area contributed by atoms with Crippen LogP contribution in [0.3, 0.4) is 0 Å². The smallest absolute Gasteiger partial charge is 0.00227 e. The fourth-order valence-corrected chi connectivity index (χ4v) is 2.70. The first-order valence-electron chi connectivity index (χ1n) is 6.12. The molecule has 0 N–H and O–H groups in total. The molecular formula is C16H20. The van der Waals surface area contributed by atoms with Crippen LogP contribution in [-0.4, -0.2) is 0 Å². The van der Waals surface area contributed by atoms with Crippen LogP contribution in [-0.2, 0) is 6.42 Å². The van der Waals surface area contributed by atoms with Crippen LogP contribution in [0.5, 0.6) is 0 Å². The van der Waals surface area contributed by atoms with Crippen molar-refractivity contribution < 1.29 is 0 Å². The number of benzene rings is 1. The topological polar surface area (TPSA) is 0 Å². The summed E-state index contributed by atoms with van der Waals surface area (Å²) in [6.07, 6.45) is 2.21. The molecule has 0 fully saturated rings. The fourth-order valence-electron chi connectivity index (χ4n) is 2.70. The summed E-state index contributed by atoms with van der Waals surface area (Å²) in [5, 5.41) is 0. The SMILES string of the molecule is C=C1Cc2ccccc2C(C)=C1C(C)CC. The molecule has 0 heterocycles. The van der Waals surface area contributed by atoms with Crippen molar-refractivity contribution in [2.45, 2.75) is 33.6 Å². The molecule has 16 heavy (non-hydrogen) atoms. The third-order valence-corrected chi connectivity index (χ3v) is 3.72. The van der Waals surface area contributed by atoms with Gasteiger partial charge >= 0.3 is 0 Å². The van der Waals surface area contributed by atoms with Gasteiger partial charge in [-0.1, -0.05) is 44.7 Å². The average molecular weight is 212 g/mol. The largest absolute Gasteiger partial charge is 0.0952 e. The van der Waals surface area contributed by atoms with E-state index >= 15 is 0 Å². The van der Waals surface area contributed by atoms with E-state index in [0.29, 0.717) is 5.92 Å². The number of hydrogen-bond donors (Lipinski definition) is 0. The minimum Gasteiger partial charge on any atom is -0.0952 e. The molecule has 1 atom stereocenters. The van der Waals surface area contributed by atoms with Gasteiger partial charge in [-0.3, -0.25) is 0 Å². The summed E-state index contributed by atoms with van der Waals surface area (Å²) in [5.74, 6) is 0.626. The van der Waals surface area contributed by atoms with E-state index in [1.54, 1.807) is 0 Å². The van der Waals surface area contributed by atoms with Gasteiger partial charge in [0.05, 0.1) is 0 Å². The van der Waals surface area contributed by atoms with Crippen LogP contribution in [0, 0.1) is 5.92 Å². The summed E-state index contributed by atoms with van der Waals surface area (Å²) in [4.78, 5) is 0. The van der Waals surface area contributed by atoms with E-state index in [-0.39, 0.29) is 0 Å². The molecule has 0 heteroatoms. The summed E-state index contributed by atoms with van der Waals surface area (Å²) in [7, 11) is 0. The summed E-state index contributed by atoms with van der Waals surface area (Å²) >= 11 is 0. The van der Waals surface area contributed by atoms with Gasteiger partial charge < -0.3 is 0 Å². The molecule has 1 aliphatic carbocycles. The molecule has 0 bridgehead atoms. The van der Waals surface area contributed by atoms with Gasteiger partial charge in [-0.05, 0) is 53.5 Å². The van der Waals surface area contributed by atoms with Crippen LogP contribution in [0.2, 0.25) is 0 Å². The van der Waals surface area contributed by atoms with E-state index < -0.39 is 0 Å². The Morgan fingerprint density at radius 1 is 1.31 bits per heavy atom. The van der Waals surface area contributed by atoms with Gasteiger partial charge in [-0.15, -0.1) is 0 Å². The molecular weight excluding hydrogens is 192 g/mol. The van der Waals surface area contributed by atoms with Crippen LogP contribution in [0.15, 0.2) is 42.0 Å². The molecule has 0 aliphatic heterocycles. The van der Waals surface area contributed by atoms with Crippen molar-refractivity contribution in [2.24, 2.45) is 5.92 Å². The van der Waals surface area contributed by atoms with Crippen LogP contribution in [0.4, 0.5) is 0 Å². The van der Waals surface area contributed by atoms with Crippen molar-refractivity contribution in [1.82, 2.24) is 0 Å². The number of allylic oxidation sites excluding steroid dienone is 3. The van der Waals surface area contributed by atoms with Crippen molar-refractivity contribution in [3.63, 3.8) is 0 Å². The van der Waals surface area contributed by atoms with E-state index in [9.17, 15) is 0 Å². The molecule has 0 radical (unpaired) electrons. The van der Waals surface area contributed by atoms with Crippen LogP contribution in [0.1, 0.15) is 38.3 Å². The lowest BCUT2D eigenvalue weighted by Crippen LogP contribution is -2.11. The van der Waals surface area contributed by atoms with E-state index in [1.807, 2.05) is 0 Å². The first-order chi connectivity index (χ1) is 7.65. The van der Waals surface area contributed by atoms with E-state index in [0.717, 1.165) is 6.42 Å². The zero-order valence-corrected chi connectivity index (χ0v) is 10.5. The van der Waals surface area contributed by atoms with Gasteiger partial charge in [0.15, 0.2) is 0 Å². The van der Waals surface area contributed by atoms with Crippen molar-refractivity contribution >= 4 is 5.57 Å². The molecule has 1 aromatic carbocycles. The molecule has 84 valence electrons. The lowest BCUT2D eigenvalue weighted by Gasteiger charge is -2.27. The predicted molar refractivity (Wildman–Crippen MR) is 71.3 cm³/mol. The standard InChI is InChI=1S/C16H20/c1-5-11(2)16-12(3)10-14-8-6-7-9-15(14)13(16)4/h6-9,11H,3,5,10H2,1-2,4H3. The highest BCUT2D eigenvalue weighted by atomic mass is 14.3.